The van der Waals surface area contributed by atoms with E-state index < -0.39 is 0 Å². The summed E-state index contributed by atoms with van der Waals surface area (Å²) in [5, 5.41) is 9.37. The van der Waals surface area contributed by atoms with Gasteiger partial charge < -0.3 is 15.4 Å². The SMILES string of the molecule is CCCn1c(C(N)Cc2ccc(O)cc2)nc2ccccc21. The molecule has 0 amide bonds. The van der Waals surface area contributed by atoms with E-state index in [1.54, 1.807) is 12.1 Å². The van der Waals surface area contributed by atoms with Crippen molar-refractivity contribution in [3.63, 3.8) is 0 Å². The van der Waals surface area contributed by atoms with Gasteiger partial charge in [0.15, 0.2) is 0 Å². The normalized spacial score (nSPS) is 12.6. The number of hydrogen-bond donors (Lipinski definition) is 2. The lowest BCUT2D eigenvalue weighted by molar-refractivity contribution is 0.475. The molecule has 0 spiro atoms. The molecule has 0 aliphatic rings. The Labute approximate surface area is 130 Å². The average molecular weight is 295 g/mol. The van der Waals surface area contributed by atoms with E-state index in [2.05, 4.69) is 17.6 Å². The number of aromatic nitrogens is 2. The summed E-state index contributed by atoms with van der Waals surface area (Å²) >= 11 is 0. The van der Waals surface area contributed by atoms with Crippen molar-refractivity contribution in [2.24, 2.45) is 5.73 Å². The fraction of sp³-hybridized carbons (Fsp3) is 0.278. The van der Waals surface area contributed by atoms with E-state index in [1.165, 1.54) is 0 Å². The Morgan fingerprint density at radius 3 is 2.59 bits per heavy atom. The molecule has 2 aromatic carbocycles. The first-order chi connectivity index (χ1) is 10.7. The van der Waals surface area contributed by atoms with Crippen LogP contribution in [0.4, 0.5) is 0 Å². The number of benzene rings is 2. The van der Waals surface area contributed by atoms with Crippen molar-refractivity contribution in [2.45, 2.75) is 32.4 Å². The van der Waals surface area contributed by atoms with Gasteiger partial charge in [-0.1, -0.05) is 31.2 Å². The van der Waals surface area contributed by atoms with Crippen LogP contribution in [0.25, 0.3) is 11.0 Å². The monoisotopic (exact) mass is 295 g/mol. The lowest BCUT2D eigenvalue weighted by Gasteiger charge is -2.14. The number of rotatable bonds is 5. The zero-order chi connectivity index (χ0) is 15.5. The van der Waals surface area contributed by atoms with Gasteiger partial charge in [0.05, 0.1) is 17.1 Å². The van der Waals surface area contributed by atoms with Crippen LogP contribution < -0.4 is 5.73 Å². The van der Waals surface area contributed by atoms with Crippen molar-refractivity contribution in [2.75, 3.05) is 0 Å². The topological polar surface area (TPSA) is 64.1 Å². The summed E-state index contributed by atoms with van der Waals surface area (Å²) < 4.78 is 2.22. The van der Waals surface area contributed by atoms with Crippen molar-refractivity contribution in [3.8, 4) is 5.75 Å². The molecule has 1 aromatic heterocycles. The number of imidazole rings is 1. The van der Waals surface area contributed by atoms with Crippen molar-refractivity contribution in [3.05, 3.63) is 59.9 Å². The number of aromatic hydroxyl groups is 1. The quantitative estimate of drug-likeness (QED) is 0.758. The van der Waals surface area contributed by atoms with E-state index in [1.807, 2.05) is 30.3 Å². The van der Waals surface area contributed by atoms with Crippen LogP contribution in [0.5, 0.6) is 5.75 Å². The predicted molar refractivity (Wildman–Crippen MR) is 88.8 cm³/mol. The lowest BCUT2D eigenvalue weighted by Crippen LogP contribution is -2.19. The third-order valence-corrected chi connectivity index (χ3v) is 3.85. The third kappa shape index (κ3) is 2.83. The second-order valence-corrected chi connectivity index (χ2v) is 5.59. The Kier molecular flexibility index (Phi) is 4.11. The largest absolute Gasteiger partial charge is 0.508 e. The second-order valence-electron chi connectivity index (χ2n) is 5.59. The smallest absolute Gasteiger partial charge is 0.127 e. The Morgan fingerprint density at radius 1 is 1.14 bits per heavy atom. The molecule has 0 saturated carbocycles. The Hall–Kier alpha value is -2.33. The van der Waals surface area contributed by atoms with E-state index in [4.69, 9.17) is 10.7 Å². The third-order valence-electron chi connectivity index (χ3n) is 3.85. The number of para-hydroxylation sites is 2. The van der Waals surface area contributed by atoms with Gasteiger partial charge in [-0.15, -0.1) is 0 Å². The van der Waals surface area contributed by atoms with Crippen LogP contribution in [-0.4, -0.2) is 14.7 Å². The van der Waals surface area contributed by atoms with Crippen LogP contribution >= 0.6 is 0 Å². The van der Waals surface area contributed by atoms with Crippen molar-refractivity contribution in [1.82, 2.24) is 9.55 Å². The van der Waals surface area contributed by atoms with Crippen LogP contribution in [-0.2, 0) is 13.0 Å². The van der Waals surface area contributed by atoms with Gasteiger partial charge in [0.1, 0.15) is 11.6 Å². The minimum Gasteiger partial charge on any atom is -0.508 e. The fourth-order valence-corrected chi connectivity index (χ4v) is 2.81. The van der Waals surface area contributed by atoms with E-state index in [9.17, 15) is 5.11 Å². The Bertz CT molecular complexity index is 762. The second kappa shape index (κ2) is 6.20. The Morgan fingerprint density at radius 2 is 1.86 bits per heavy atom. The molecule has 0 bridgehead atoms. The summed E-state index contributed by atoms with van der Waals surface area (Å²) in [4.78, 5) is 4.73. The fourth-order valence-electron chi connectivity index (χ4n) is 2.81. The van der Waals surface area contributed by atoms with Gasteiger partial charge in [-0.3, -0.25) is 0 Å². The highest BCUT2D eigenvalue weighted by molar-refractivity contribution is 5.76. The summed E-state index contributed by atoms with van der Waals surface area (Å²) in [5.41, 5.74) is 9.64. The first-order valence-corrected chi connectivity index (χ1v) is 7.67. The molecule has 0 saturated heterocycles. The first-order valence-electron chi connectivity index (χ1n) is 7.67. The van der Waals surface area contributed by atoms with E-state index >= 15 is 0 Å². The minimum atomic E-state index is -0.163. The lowest BCUT2D eigenvalue weighted by atomic mass is 10.1. The van der Waals surface area contributed by atoms with E-state index in [0.717, 1.165) is 35.4 Å². The molecular weight excluding hydrogens is 274 g/mol. The zero-order valence-electron chi connectivity index (χ0n) is 12.7. The molecule has 1 heterocycles. The molecule has 0 fully saturated rings. The maximum atomic E-state index is 9.37. The predicted octanol–water partition coefficient (Wildman–Crippen LogP) is 3.39. The maximum absolute atomic E-state index is 9.37. The summed E-state index contributed by atoms with van der Waals surface area (Å²) in [6, 6.07) is 15.2. The van der Waals surface area contributed by atoms with Crippen molar-refractivity contribution < 1.29 is 5.11 Å². The van der Waals surface area contributed by atoms with Crippen LogP contribution in [0.15, 0.2) is 48.5 Å². The molecule has 3 aromatic rings. The van der Waals surface area contributed by atoms with Gasteiger partial charge in [0.25, 0.3) is 0 Å². The molecule has 1 unspecified atom stereocenters. The van der Waals surface area contributed by atoms with Crippen LogP contribution in [0.2, 0.25) is 0 Å². The molecule has 4 nitrogen and oxygen atoms in total. The highest BCUT2D eigenvalue weighted by Crippen LogP contribution is 2.23. The number of phenols is 1. The molecule has 1 atom stereocenters. The molecule has 22 heavy (non-hydrogen) atoms. The highest BCUT2D eigenvalue weighted by Gasteiger charge is 2.17. The summed E-state index contributed by atoms with van der Waals surface area (Å²) in [7, 11) is 0. The zero-order valence-corrected chi connectivity index (χ0v) is 12.7. The number of aryl methyl sites for hydroxylation is 1. The van der Waals surface area contributed by atoms with Crippen LogP contribution in [0.3, 0.4) is 0 Å². The molecular formula is C18H21N3O. The highest BCUT2D eigenvalue weighted by atomic mass is 16.3. The molecule has 3 N–H and O–H groups in total. The van der Waals surface area contributed by atoms with E-state index in [0.29, 0.717) is 6.42 Å². The van der Waals surface area contributed by atoms with Gasteiger partial charge in [0, 0.05) is 6.54 Å². The van der Waals surface area contributed by atoms with E-state index in [-0.39, 0.29) is 11.8 Å². The van der Waals surface area contributed by atoms with Gasteiger partial charge in [-0.25, -0.2) is 4.98 Å². The summed E-state index contributed by atoms with van der Waals surface area (Å²) in [6.45, 7) is 3.07. The molecule has 114 valence electrons. The van der Waals surface area contributed by atoms with Crippen molar-refractivity contribution in [1.29, 1.82) is 0 Å². The van der Waals surface area contributed by atoms with Crippen LogP contribution in [0.1, 0.15) is 30.8 Å². The molecule has 0 aliphatic heterocycles. The maximum Gasteiger partial charge on any atom is 0.127 e. The number of phenolic OH excluding ortho intramolecular Hbond substituents is 1. The Balaban J connectivity index is 1.94. The van der Waals surface area contributed by atoms with Gasteiger partial charge >= 0.3 is 0 Å². The number of hydrogen-bond acceptors (Lipinski definition) is 3. The molecule has 0 aliphatic carbocycles. The van der Waals surface area contributed by atoms with Gasteiger partial charge in [-0.05, 0) is 42.7 Å². The molecule has 3 rings (SSSR count). The molecule has 4 heteroatoms. The summed E-state index contributed by atoms with van der Waals surface area (Å²) in [5.74, 6) is 1.20. The minimum absolute atomic E-state index is 0.163. The van der Waals surface area contributed by atoms with Crippen molar-refractivity contribution >= 4 is 11.0 Å². The average Bonchev–Trinajstić information content (AvgIpc) is 2.89. The van der Waals surface area contributed by atoms with Crippen LogP contribution in [0, 0.1) is 0 Å². The summed E-state index contributed by atoms with van der Waals surface area (Å²) in [6.07, 6.45) is 1.74. The number of nitrogens with zero attached hydrogens (tertiary/aromatic N) is 2. The molecule has 0 radical (unpaired) electrons. The number of nitrogens with two attached hydrogens (primary N) is 1. The number of fused-ring (bicyclic) bond motifs is 1. The van der Waals surface area contributed by atoms with Gasteiger partial charge in [0.2, 0.25) is 0 Å². The standard InChI is InChI=1S/C18H21N3O/c1-2-11-21-17-6-4-3-5-16(17)20-18(21)15(19)12-13-7-9-14(22)10-8-13/h3-10,15,22H,2,11-12,19H2,1H3. The van der Waals surface area contributed by atoms with Gasteiger partial charge in [-0.2, -0.15) is 0 Å². The first kappa shape index (κ1) is 14.6.